The van der Waals surface area contributed by atoms with E-state index < -0.39 is 0 Å². The van der Waals surface area contributed by atoms with Crippen LogP contribution in [0.1, 0.15) is 32.8 Å². The van der Waals surface area contributed by atoms with Gasteiger partial charge in [0.2, 0.25) is 0 Å². The highest BCUT2D eigenvalue weighted by Gasteiger charge is 2.13. The second-order valence-electron chi connectivity index (χ2n) is 5.03. The van der Waals surface area contributed by atoms with Crippen LogP contribution >= 0.6 is 0 Å². The van der Waals surface area contributed by atoms with Crippen LogP contribution in [0.2, 0.25) is 0 Å². The van der Waals surface area contributed by atoms with Crippen molar-refractivity contribution in [2.45, 2.75) is 39.7 Å². The van der Waals surface area contributed by atoms with Crippen molar-refractivity contribution in [1.29, 1.82) is 0 Å². The molecule has 0 radical (unpaired) electrons. The van der Waals surface area contributed by atoms with E-state index in [1.807, 2.05) is 12.1 Å². The molecule has 2 N–H and O–H groups in total. The molecule has 0 aliphatic carbocycles. The first-order valence-electron chi connectivity index (χ1n) is 6.62. The summed E-state index contributed by atoms with van der Waals surface area (Å²) in [7, 11) is 1.67. The lowest BCUT2D eigenvalue weighted by Gasteiger charge is -2.18. The number of ether oxygens (including phenoxy) is 2. The minimum absolute atomic E-state index is 0.165. The van der Waals surface area contributed by atoms with E-state index in [-0.39, 0.29) is 6.04 Å². The third-order valence-electron chi connectivity index (χ3n) is 2.85. The monoisotopic (exact) mass is 251 g/mol. The van der Waals surface area contributed by atoms with E-state index in [0.717, 1.165) is 29.9 Å². The van der Waals surface area contributed by atoms with Crippen LogP contribution in [-0.2, 0) is 6.42 Å². The molecular weight excluding hydrogens is 226 g/mol. The Bertz CT molecular complexity index is 364. The third kappa shape index (κ3) is 4.22. The smallest absolute Gasteiger partial charge is 0.164 e. The van der Waals surface area contributed by atoms with E-state index >= 15 is 0 Å². The van der Waals surface area contributed by atoms with Gasteiger partial charge in [-0.2, -0.15) is 0 Å². The first-order chi connectivity index (χ1) is 8.58. The van der Waals surface area contributed by atoms with Gasteiger partial charge in [0.25, 0.3) is 0 Å². The number of methoxy groups -OCH3 is 1. The molecule has 1 aromatic rings. The molecule has 0 spiro atoms. The first kappa shape index (κ1) is 14.8. The maximum absolute atomic E-state index is 6.02. The molecule has 3 heteroatoms. The highest BCUT2D eigenvalue weighted by atomic mass is 16.5. The zero-order valence-corrected chi connectivity index (χ0v) is 11.9. The average molecular weight is 251 g/mol. The van der Waals surface area contributed by atoms with Gasteiger partial charge in [0.15, 0.2) is 11.5 Å². The summed E-state index contributed by atoms with van der Waals surface area (Å²) in [5, 5.41) is 0. The summed E-state index contributed by atoms with van der Waals surface area (Å²) < 4.78 is 11.3. The second-order valence-corrected chi connectivity index (χ2v) is 5.03. The minimum Gasteiger partial charge on any atom is -0.493 e. The van der Waals surface area contributed by atoms with Crippen molar-refractivity contribution < 1.29 is 9.47 Å². The van der Waals surface area contributed by atoms with Gasteiger partial charge in [-0.15, -0.1) is 0 Å². The van der Waals surface area contributed by atoms with Crippen molar-refractivity contribution >= 4 is 0 Å². The standard InChI is InChI=1S/C15H25NO2/c1-5-13(16)9-12-7-6-8-14(17-4)15(12)18-10-11(2)3/h6-8,11,13H,5,9-10,16H2,1-4H3. The van der Waals surface area contributed by atoms with Crippen molar-refractivity contribution in [2.75, 3.05) is 13.7 Å². The van der Waals surface area contributed by atoms with Crippen LogP contribution in [-0.4, -0.2) is 19.8 Å². The van der Waals surface area contributed by atoms with Crippen LogP contribution in [0.25, 0.3) is 0 Å². The number of hydrogen-bond donors (Lipinski definition) is 1. The molecule has 0 aromatic heterocycles. The molecule has 0 fully saturated rings. The highest BCUT2D eigenvalue weighted by Crippen LogP contribution is 2.32. The van der Waals surface area contributed by atoms with E-state index in [2.05, 4.69) is 26.8 Å². The maximum atomic E-state index is 6.02. The van der Waals surface area contributed by atoms with Gasteiger partial charge in [-0.1, -0.05) is 32.9 Å². The molecule has 0 bridgehead atoms. The molecule has 0 saturated carbocycles. The van der Waals surface area contributed by atoms with Gasteiger partial charge in [-0.3, -0.25) is 0 Å². The summed E-state index contributed by atoms with van der Waals surface area (Å²) in [5.74, 6) is 2.12. The Kier molecular flexibility index (Phi) is 5.99. The Morgan fingerprint density at radius 3 is 2.56 bits per heavy atom. The lowest BCUT2D eigenvalue weighted by atomic mass is 10.0. The molecular formula is C15H25NO2. The van der Waals surface area contributed by atoms with Gasteiger partial charge in [-0.25, -0.2) is 0 Å². The van der Waals surface area contributed by atoms with Gasteiger partial charge in [0.05, 0.1) is 13.7 Å². The highest BCUT2D eigenvalue weighted by molar-refractivity contribution is 5.47. The molecule has 0 aliphatic heterocycles. The summed E-state index contributed by atoms with van der Waals surface area (Å²) in [5.41, 5.74) is 7.15. The van der Waals surface area contributed by atoms with E-state index in [0.29, 0.717) is 12.5 Å². The molecule has 18 heavy (non-hydrogen) atoms. The normalized spacial score (nSPS) is 12.6. The fraction of sp³-hybridized carbons (Fsp3) is 0.600. The Labute approximate surface area is 110 Å². The molecule has 0 aliphatic rings. The average Bonchev–Trinajstić information content (AvgIpc) is 2.36. The van der Waals surface area contributed by atoms with E-state index in [9.17, 15) is 0 Å². The predicted octanol–water partition coefficient (Wildman–Crippen LogP) is 3.01. The Morgan fingerprint density at radius 2 is 2.00 bits per heavy atom. The zero-order valence-electron chi connectivity index (χ0n) is 11.9. The molecule has 1 unspecified atom stereocenters. The van der Waals surface area contributed by atoms with Gasteiger partial charge in [0.1, 0.15) is 0 Å². The lowest BCUT2D eigenvalue weighted by molar-refractivity contribution is 0.254. The van der Waals surface area contributed by atoms with Crippen LogP contribution in [0.3, 0.4) is 0 Å². The van der Waals surface area contributed by atoms with Gasteiger partial charge in [-0.05, 0) is 30.4 Å². The molecule has 3 nitrogen and oxygen atoms in total. The fourth-order valence-electron chi connectivity index (χ4n) is 1.72. The maximum Gasteiger partial charge on any atom is 0.164 e. The topological polar surface area (TPSA) is 44.5 Å². The molecule has 0 heterocycles. The summed E-state index contributed by atoms with van der Waals surface area (Å²) in [4.78, 5) is 0. The number of rotatable bonds is 7. The Hall–Kier alpha value is -1.22. The largest absolute Gasteiger partial charge is 0.493 e. The predicted molar refractivity (Wildman–Crippen MR) is 75.3 cm³/mol. The van der Waals surface area contributed by atoms with E-state index in [1.54, 1.807) is 7.11 Å². The molecule has 1 aromatic carbocycles. The number of benzene rings is 1. The lowest BCUT2D eigenvalue weighted by Crippen LogP contribution is -2.22. The van der Waals surface area contributed by atoms with E-state index in [1.165, 1.54) is 0 Å². The van der Waals surface area contributed by atoms with Crippen LogP contribution in [0.5, 0.6) is 11.5 Å². The molecule has 1 atom stereocenters. The Balaban J connectivity index is 2.92. The van der Waals surface area contributed by atoms with Crippen molar-refractivity contribution in [3.63, 3.8) is 0 Å². The molecule has 1 rings (SSSR count). The van der Waals surface area contributed by atoms with Crippen LogP contribution < -0.4 is 15.2 Å². The molecule has 0 saturated heterocycles. The second kappa shape index (κ2) is 7.27. The van der Waals surface area contributed by atoms with Crippen molar-refractivity contribution in [2.24, 2.45) is 11.7 Å². The summed E-state index contributed by atoms with van der Waals surface area (Å²) in [6.45, 7) is 7.05. The zero-order chi connectivity index (χ0) is 13.5. The van der Waals surface area contributed by atoms with Gasteiger partial charge in [0, 0.05) is 6.04 Å². The van der Waals surface area contributed by atoms with Crippen LogP contribution in [0.15, 0.2) is 18.2 Å². The third-order valence-corrected chi connectivity index (χ3v) is 2.85. The van der Waals surface area contributed by atoms with Crippen LogP contribution in [0.4, 0.5) is 0 Å². The van der Waals surface area contributed by atoms with Crippen LogP contribution in [0, 0.1) is 5.92 Å². The first-order valence-corrected chi connectivity index (χ1v) is 6.62. The molecule has 0 amide bonds. The fourth-order valence-corrected chi connectivity index (χ4v) is 1.72. The number of hydrogen-bond acceptors (Lipinski definition) is 3. The summed E-state index contributed by atoms with van der Waals surface area (Å²) in [6.07, 6.45) is 1.78. The molecule has 102 valence electrons. The van der Waals surface area contributed by atoms with Crippen molar-refractivity contribution in [3.05, 3.63) is 23.8 Å². The quantitative estimate of drug-likeness (QED) is 0.810. The van der Waals surface area contributed by atoms with Gasteiger partial charge >= 0.3 is 0 Å². The van der Waals surface area contributed by atoms with Crippen molar-refractivity contribution in [1.82, 2.24) is 0 Å². The van der Waals surface area contributed by atoms with E-state index in [4.69, 9.17) is 15.2 Å². The number of nitrogens with two attached hydrogens (primary N) is 1. The number of para-hydroxylation sites is 1. The summed E-state index contributed by atoms with van der Waals surface area (Å²) >= 11 is 0. The van der Waals surface area contributed by atoms with Crippen molar-refractivity contribution in [3.8, 4) is 11.5 Å². The Morgan fingerprint density at radius 1 is 1.28 bits per heavy atom. The van der Waals surface area contributed by atoms with Gasteiger partial charge < -0.3 is 15.2 Å². The minimum atomic E-state index is 0.165. The summed E-state index contributed by atoms with van der Waals surface area (Å²) in [6, 6.07) is 6.14. The SMILES string of the molecule is CCC(N)Cc1cccc(OC)c1OCC(C)C.